The van der Waals surface area contributed by atoms with Gasteiger partial charge in [-0.3, -0.25) is 24.0 Å². The van der Waals surface area contributed by atoms with Crippen molar-refractivity contribution in [1.29, 1.82) is 0 Å². The average molecular weight is 586 g/mol. The maximum Gasteiger partial charge on any atom is 0.259 e. The Hall–Kier alpha value is -3.94. The zero-order valence-electron chi connectivity index (χ0n) is 24.8. The lowest BCUT2D eigenvalue weighted by molar-refractivity contribution is -0.597. The van der Waals surface area contributed by atoms with Crippen LogP contribution >= 0.6 is 0 Å². The van der Waals surface area contributed by atoms with E-state index in [1.54, 1.807) is 4.90 Å². The van der Waals surface area contributed by atoms with Crippen LogP contribution in [0.3, 0.4) is 0 Å². The minimum Gasteiger partial charge on any atom is -0.342 e. The molecule has 3 aliphatic heterocycles. The summed E-state index contributed by atoms with van der Waals surface area (Å²) in [4.78, 5) is 44.0. The minimum absolute atomic E-state index is 0.0978. The van der Waals surface area contributed by atoms with Crippen molar-refractivity contribution in [1.82, 2.24) is 20.0 Å². The van der Waals surface area contributed by atoms with Gasteiger partial charge in [-0.25, -0.2) is 0 Å². The Bertz CT molecular complexity index is 1860. The number of amides is 3. The van der Waals surface area contributed by atoms with Gasteiger partial charge in [0.15, 0.2) is 0 Å². The summed E-state index contributed by atoms with van der Waals surface area (Å²) in [5, 5.41) is 9.65. The van der Waals surface area contributed by atoms with Crippen molar-refractivity contribution in [2.24, 2.45) is 46.8 Å². The molecule has 44 heavy (non-hydrogen) atoms. The van der Waals surface area contributed by atoms with Crippen LogP contribution in [0.25, 0.3) is 10.8 Å². The number of rotatable bonds is 5. The van der Waals surface area contributed by atoms with Crippen LogP contribution in [-0.4, -0.2) is 51.5 Å². The molecule has 9 aliphatic rings. The number of nitrogens with one attached hydrogen (secondary N) is 1. The third kappa shape index (κ3) is 2.42. The van der Waals surface area contributed by atoms with Crippen LogP contribution in [0.15, 0.2) is 55.0 Å². The van der Waals surface area contributed by atoms with Gasteiger partial charge in [0.25, 0.3) is 5.91 Å². The van der Waals surface area contributed by atoms with Crippen LogP contribution in [0.5, 0.6) is 0 Å². The SMILES string of the molecule is C=C1CCC(N2C(=O)c3cccc4c(Cc5cnn(C6(C)CCN(C(=O)C78C9C%10C%11C9C7C%11C%108)CC6)c5)ccc2c34)C(=O)N1. The number of benzene rings is 2. The van der Waals surface area contributed by atoms with Crippen LogP contribution in [0, 0.1) is 46.8 Å². The minimum atomic E-state index is -0.531. The lowest BCUT2D eigenvalue weighted by Crippen LogP contribution is -3.07. The molecule has 0 bridgehead atoms. The third-order valence-corrected chi connectivity index (χ3v) is 14.0. The van der Waals surface area contributed by atoms with Crippen LogP contribution in [0.4, 0.5) is 5.69 Å². The monoisotopic (exact) mass is 585 g/mol. The average Bonchev–Trinajstić information content (AvgIpc) is 3.63. The Morgan fingerprint density at radius 2 is 1.80 bits per heavy atom. The zero-order chi connectivity index (χ0) is 29.4. The summed E-state index contributed by atoms with van der Waals surface area (Å²) in [6, 6.07) is 9.46. The molecule has 6 saturated carbocycles. The van der Waals surface area contributed by atoms with Crippen molar-refractivity contribution in [3.63, 3.8) is 0 Å². The molecule has 8 heteroatoms. The number of piperidine rings is 2. The first-order valence-electron chi connectivity index (χ1n) is 16.5. The number of hydrogen-bond acceptors (Lipinski definition) is 4. The second-order valence-corrected chi connectivity index (χ2v) is 15.4. The van der Waals surface area contributed by atoms with Crippen molar-refractivity contribution in [3.8, 4) is 0 Å². The number of anilines is 1. The van der Waals surface area contributed by atoms with Crippen molar-refractivity contribution < 1.29 is 14.4 Å². The highest BCUT2D eigenvalue weighted by molar-refractivity contribution is 6.27. The smallest absolute Gasteiger partial charge is 0.259 e. The van der Waals surface area contributed by atoms with E-state index in [4.69, 9.17) is 5.10 Å². The molecule has 1 N–H and O–H groups in total. The molecule has 0 radical (unpaired) electrons. The molecule has 8 fully saturated rings. The summed E-state index contributed by atoms with van der Waals surface area (Å²) in [7, 11) is 0. The molecule has 1 aromatic heterocycles. The number of nitrogens with zero attached hydrogens (tertiary/aromatic N) is 4. The van der Waals surface area contributed by atoms with E-state index in [0.29, 0.717) is 36.4 Å². The molecule has 2 aromatic carbocycles. The van der Waals surface area contributed by atoms with E-state index in [-0.39, 0.29) is 22.8 Å². The van der Waals surface area contributed by atoms with Gasteiger partial charge in [-0.15, -0.1) is 0 Å². The highest BCUT2D eigenvalue weighted by atomic mass is 16.2. The van der Waals surface area contributed by atoms with E-state index >= 15 is 0 Å². The fourth-order valence-electron chi connectivity index (χ4n) is 12.1. The Balaban J connectivity index is 0.825. The molecule has 3 amide bonds. The summed E-state index contributed by atoms with van der Waals surface area (Å²) in [6.07, 6.45) is 7.94. The van der Waals surface area contributed by atoms with Crippen LogP contribution in [0.2, 0.25) is 0 Å². The summed E-state index contributed by atoms with van der Waals surface area (Å²) < 4.78 is 2.13. The highest BCUT2D eigenvalue weighted by Crippen LogP contribution is 3.06. The van der Waals surface area contributed by atoms with Crippen molar-refractivity contribution >= 4 is 34.2 Å². The van der Waals surface area contributed by atoms with E-state index < -0.39 is 6.04 Å². The number of carbonyl (C=O) groups is 3. The first kappa shape index (κ1) is 24.4. The maximum absolute atomic E-state index is 13.7. The molecule has 4 heterocycles. The largest absolute Gasteiger partial charge is 0.342 e. The molecule has 0 spiro atoms. The van der Waals surface area contributed by atoms with E-state index in [1.165, 1.54) is 0 Å². The van der Waals surface area contributed by atoms with Gasteiger partial charge in [0.2, 0.25) is 11.8 Å². The van der Waals surface area contributed by atoms with E-state index in [9.17, 15) is 14.4 Å². The van der Waals surface area contributed by atoms with Gasteiger partial charge in [-0.2, -0.15) is 5.10 Å². The van der Waals surface area contributed by atoms with E-state index in [1.807, 2.05) is 24.4 Å². The van der Waals surface area contributed by atoms with E-state index in [2.05, 4.69) is 46.7 Å². The normalized spacial score (nSPS) is 39.2. The van der Waals surface area contributed by atoms with Gasteiger partial charge >= 0.3 is 0 Å². The van der Waals surface area contributed by atoms with Gasteiger partial charge < -0.3 is 10.2 Å². The molecule has 3 aromatic rings. The zero-order valence-corrected chi connectivity index (χ0v) is 24.8. The molecular weight excluding hydrogens is 550 g/mol. The lowest BCUT2D eigenvalue weighted by atomic mass is 8.96. The fourth-order valence-corrected chi connectivity index (χ4v) is 12.1. The second-order valence-electron chi connectivity index (χ2n) is 15.4. The predicted molar refractivity (Wildman–Crippen MR) is 162 cm³/mol. The summed E-state index contributed by atoms with van der Waals surface area (Å²) in [5.41, 5.74) is 4.43. The molecule has 2 saturated heterocycles. The Labute approximate surface area is 255 Å². The molecule has 1 atom stereocenters. The van der Waals surface area contributed by atoms with Gasteiger partial charge in [0.1, 0.15) is 6.04 Å². The molecular formula is C36H35N5O3. The first-order valence-corrected chi connectivity index (χ1v) is 16.5. The number of aromatic nitrogens is 2. The second kappa shape index (κ2) is 7.47. The molecule has 6 aliphatic carbocycles. The summed E-state index contributed by atoms with van der Waals surface area (Å²) >= 11 is 0. The Morgan fingerprint density at radius 3 is 2.52 bits per heavy atom. The van der Waals surface area contributed by atoms with Crippen LogP contribution in [-0.2, 0) is 21.5 Å². The lowest BCUT2D eigenvalue weighted by Gasteiger charge is -3.06. The standard InChI is InChI=1S/C36H35N5O3/c1-17-6-8-23(32(42)38-17)41-22-9-7-19(20-4-3-5-21(24(20)22)33(41)43)14-18-15-37-40(16-18)35(2)10-12-39(13-11-35)34(44)36-29-26-25-27(29)31(36)28(25)30(26)36/h3-5,7,9,15-16,23,25-31H,1,6,8,10-14H2,2H3,(H,38,42). The number of carbonyl (C=O) groups excluding carboxylic acids is 3. The van der Waals surface area contributed by atoms with Gasteiger partial charge in [0, 0.05) is 42.4 Å². The van der Waals surface area contributed by atoms with Crippen molar-refractivity contribution in [3.05, 3.63) is 71.7 Å². The fraction of sp³-hybridized carbons (Fsp3) is 0.500. The quantitative estimate of drug-likeness (QED) is 0.489. The van der Waals surface area contributed by atoms with Gasteiger partial charge in [-0.05, 0) is 103 Å². The molecule has 8 nitrogen and oxygen atoms in total. The molecule has 222 valence electrons. The number of likely N-dealkylation sites (tertiary alicyclic amines) is 1. The van der Waals surface area contributed by atoms with E-state index in [0.717, 1.165) is 94.9 Å². The first-order chi connectivity index (χ1) is 21.3. The molecule has 1 unspecified atom stereocenters. The Kier molecular flexibility index (Phi) is 4.14. The van der Waals surface area contributed by atoms with Crippen LogP contribution in [0.1, 0.15) is 54.1 Å². The highest BCUT2D eigenvalue weighted by Gasteiger charge is 3.06. The number of allylic oxidation sites excluding steroid dienone is 1. The third-order valence-electron chi connectivity index (χ3n) is 14.0. The summed E-state index contributed by atoms with van der Waals surface area (Å²) in [6.45, 7) is 7.83. The van der Waals surface area contributed by atoms with Gasteiger partial charge in [0.05, 0.1) is 22.8 Å². The maximum atomic E-state index is 13.7. The molecule has 12 rings (SSSR count). The van der Waals surface area contributed by atoms with Crippen LogP contribution < -0.4 is 10.2 Å². The predicted octanol–water partition coefficient (Wildman–Crippen LogP) is 4.09. The topological polar surface area (TPSA) is 87.5 Å². The summed E-state index contributed by atoms with van der Waals surface area (Å²) in [5.74, 6) is 6.37. The van der Waals surface area contributed by atoms with Crippen molar-refractivity contribution in [2.45, 2.75) is 50.6 Å². The van der Waals surface area contributed by atoms with Gasteiger partial charge in [-0.1, -0.05) is 24.8 Å². The van der Waals surface area contributed by atoms with Crippen molar-refractivity contribution in [2.75, 3.05) is 18.0 Å². The number of hydrogen-bond donors (Lipinski definition) is 1. The Morgan fingerprint density at radius 1 is 1.05 bits per heavy atom.